The predicted molar refractivity (Wildman–Crippen MR) is 84.8 cm³/mol. The number of aryl methyl sites for hydroxylation is 1. The van der Waals surface area contributed by atoms with Crippen LogP contribution in [0.3, 0.4) is 0 Å². The van der Waals surface area contributed by atoms with Gasteiger partial charge in [0.25, 0.3) is 11.6 Å². The molecule has 0 fully saturated rings. The van der Waals surface area contributed by atoms with Gasteiger partial charge in [-0.3, -0.25) is 14.9 Å². The lowest BCUT2D eigenvalue weighted by Gasteiger charge is -2.33. The minimum Gasteiger partial charge on any atom is -0.345 e. The number of carbonyl (C=O) groups excluding carboxylic acids is 1. The van der Waals surface area contributed by atoms with Crippen LogP contribution in [0.4, 0.5) is 5.69 Å². The molecule has 0 saturated heterocycles. The number of carbonyl (C=O) groups is 1. The van der Waals surface area contributed by atoms with Gasteiger partial charge >= 0.3 is 0 Å². The number of nitrogens with two attached hydrogens (primary N) is 1. The topological polar surface area (TPSA) is 98.3 Å². The zero-order valence-electron chi connectivity index (χ0n) is 12.7. The Labute approximate surface area is 130 Å². The van der Waals surface area contributed by atoms with E-state index in [1.165, 1.54) is 18.2 Å². The van der Waals surface area contributed by atoms with Crippen LogP contribution in [0.25, 0.3) is 0 Å². The maximum atomic E-state index is 12.2. The number of hydrogen-bond acceptors (Lipinski definition) is 4. The Morgan fingerprint density at radius 2 is 2.05 bits per heavy atom. The zero-order chi connectivity index (χ0) is 15.5. The highest BCUT2D eigenvalue weighted by Crippen LogP contribution is 2.20. The molecule has 0 radical (unpaired) electrons. The predicted octanol–water partition coefficient (Wildman–Crippen LogP) is 2.43. The summed E-state index contributed by atoms with van der Waals surface area (Å²) in [5, 5.41) is 13.7. The molecule has 0 aliphatic carbocycles. The van der Waals surface area contributed by atoms with Gasteiger partial charge in [0.2, 0.25) is 0 Å². The summed E-state index contributed by atoms with van der Waals surface area (Å²) >= 11 is 0. The number of nitro benzene ring substituents is 1. The van der Waals surface area contributed by atoms with Gasteiger partial charge in [-0.2, -0.15) is 0 Å². The lowest BCUT2D eigenvalue weighted by molar-refractivity contribution is -0.385. The summed E-state index contributed by atoms with van der Waals surface area (Å²) in [5.41, 5.74) is 6.08. The van der Waals surface area contributed by atoms with E-state index in [0.29, 0.717) is 17.7 Å². The Morgan fingerprint density at radius 1 is 1.48 bits per heavy atom. The normalized spacial score (nSPS) is 13.2. The van der Waals surface area contributed by atoms with Crippen molar-refractivity contribution in [1.29, 1.82) is 0 Å². The highest BCUT2D eigenvalue weighted by molar-refractivity contribution is 5.95. The van der Waals surface area contributed by atoms with E-state index in [1.54, 1.807) is 6.92 Å². The van der Waals surface area contributed by atoms with Gasteiger partial charge in [-0.1, -0.05) is 13.8 Å². The average Bonchev–Trinajstić information content (AvgIpc) is 2.37. The van der Waals surface area contributed by atoms with E-state index in [9.17, 15) is 14.9 Å². The second-order valence-corrected chi connectivity index (χ2v) is 5.49. The van der Waals surface area contributed by atoms with E-state index < -0.39 is 10.5 Å². The van der Waals surface area contributed by atoms with Crippen LogP contribution in [0.2, 0.25) is 0 Å². The number of nitro groups is 1. The highest BCUT2D eigenvalue weighted by atomic mass is 35.5. The fourth-order valence-corrected chi connectivity index (χ4v) is 1.76. The average molecular weight is 316 g/mol. The van der Waals surface area contributed by atoms with Gasteiger partial charge in [-0.05, 0) is 31.9 Å². The fourth-order valence-electron chi connectivity index (χ4n) is 1.76. The molecule has 1 aromatic rings. The van der Waals surface area contributed by atoms with Crippen molar-refractivity contribution in [3.8, 4) is 0 Å². The standard InChI is InChI=1S/C14H21N3O3.ClH/c1-9(2)14(4,8-15)16-13(18)11-5-6-12(17(19)20)10(3)7-11;/h5-7,9H,8,15H2,1-4H3,(H,16,18);1H. The molecule has 0 aliphatic rings. The molecule has 1 rings (SSSR count). The second-order valence-electron chi connectivity index (χ2n) is 5.49. The molecule has 1 unspecified atom stereocenters. The van der Waals surface area contributed by atoms with E-state index in [-0.39, 0.29) is 29.9 Å². The van der Waals surface area contributed by atoms with Gasteiger partial charge < -0.3 is 11.1 Å². The van der Waals surface area contributed by atoms with Crippen LogP contribution in [-0.2, 0) is 0 Å². The first kappa shape index (κ1) is 19.3. The van der Waals surface area contributed by atoms with Crippen molar-refractivity contribution in [2.45, 2.75) is 33.2 Å². The first-order valence-electron chi connectivity index (χ1n) is 6.49. The molecule has 1 aromatic carbocycles. The largest absolute Gasteiger partial charge is 0.345 e. The summed E-state index contributed by atoms with van der Waals surface area (Å²) in [4.78, 5) is 22.5. The molecule has 1 amide bonds. The fraction of sp³-hybridized carbons (Fsp3) is 0.500. The molecular formula is C14H22ClN3O3. The number of rotatable bonds is 5. The molecule has 0 heterocycles. The molecule has 7 heteroatoms. The number of halogens is 1. The Morgan fingerprint density at radius 3 is 2.43 bits per heavy atom. The van der Waals surface area contributed by atoms with Gasteiger partial charge in [-0.15, -0.1) is 12.4 Å². The summed E-state index contributed by atoms with van der Waals surface area (Å²) < 4.78 is 0. The number of nitrogens with zero attached hydrogens (tertiary/aromatic N) is 1. The molecule has 0 spiro atoms. The van der Waals surface area contributed by atoms with Crippen LogP contribution in [0.5, 0.6) is 0 Å². The van der Waals surface area contributed by atoms with Crippen molar-refractivity contribution in [1.82, 2.24) is 5.32 Å². The van der Waals surface area contributed by atoms with Crippen LogP contribution < -0.4 is 11.1 Å². The molecule has 21 heavy (non-hydrogen) atoms. The van der Waals surface area contributed by atoms with Crippen LogP contribution in [0, 0.1) is 23.0 Å². The third kappa shape index (κ3) is 4.41. The summed E-state index contributed by atoms with van der Waals surface area (Å²) in [6.07, 6.45) is 0. The Kier molecular flexibility index (Phi) is 6.79. The van der Waals surface area contributed by atoms with E-state index in [1.807, 2.05) is 20.8 Å². The molecule has 118 valence electrons. The summed E-state index contributed by atoms with van der Waals surface area (Å²) in [5.74, 6) is -0.0970. The van der Waals surface area contributed by atoms with Gasteiger partial charge in [0.05, 0.1) is 10.5 Å². The van der Waals surface area contributed by atoms with E-state index in [0.717, 1.165) is 0 Å². The number of nitrogens with one attached hydrogen (secondary N) is 1. The number of benzene rings is 1. The summed E-state index contributed by atoms with van der Waals surface area (Å²) in [6.45, 7) is 7.78. The van der Waals surface area contributed by atoms with Crippen molar-refractivity contribution in [2.75, 3.05) is 6.54 Å². The molecule has 0 saturated carbocycles. The maximum Gasteiger partial charge on any atom is 0.272 e. The van der Waals surface area contributed by atoms with Gasteiger partial charge in [0, 0.05) is 23.7 Å². The zero-order valence-corrected chi connectivity index (χ0v) is 13.5. The van der Waals surface area contributed by atoms with Crippen LogP contribution >= 0.6 is 12.4 Å². The highest BCUT2D eigenvalue weighted by Gasteiger charge is 2.29. The summed E-state index contributed by atoms with van der Waals surface area (Å²) in [6, 6.07) is 4.32. The van der Waals surface area contributed by atoms with Crippen LogP contribution in [-0.4, -0.2) is 22.9 Å². The van der Waals surface area contributed by atoms with Gasteiger partial charge in [-0.25, -0.2) is 0 Å². The van der Waals surface area contributed by atoms with Crippen molar-refractivity contribution in [3.05, 3.63) is 39.4 Å². The molecule has 6 nitrogen and oxygen atoms in total. The van der Waals surface area contributed by atoms with Gasteiger partial charge in [0.1, 0.15) is 0 Å². The SMILES string of the molecule is Cc1cc(C(=O)NC(C)(CN)C(C)C)ccc1[N+](=O)[O-].Cl. The summed E-state index contributed by atoms with van der Waals surface area (Å²) in [7, 11) is 0. The smallest absolute Gasteiger partial charge is 0.272 e. The molecular weight excluding hydrogens is 294 g/mol. The molecule has 0 aromatic heterocycles. The Hall–Kier alpha value is -1.66. The molecule has 0 bridgehead atoms. The minimum atomic E-state index is -0.507. The Balaban J connectivity index is 0.00000400. The minimum absolute atomic E-state index is 0. The van der Waals surface area contributed by atoms with Crippen molar-refractivity contribution in [2.24, 2.45) is 11.7 Å². The lowest BCUT2D eigenvalue weighted by atomic mass is 9.88. The third-order valence-corrected chi connectivity index (χ3v) is 3.75. The quantitative estimate of drug-likeness (QED) is 0.644. The second kappa shape index (κ2) is 7.38. The number of hydrogen-bond donors (Lipinski definition) is 2. The molecule has 3 N–H and O–H groups in total. The van der Waals surface area contributed by atoms with Crippen LogP contribution in [0.15, 0.2) is 18.2 Å². The lowest BCUT2D eigenvalue weighted by Crippen LogP contribution is -2.55. The molecule has 0 aliphatic heterocycles. The third-order valence-electron chi connectivity index (χ3n) is 3.75. The van der Waals surface area contributed by atoms with Crippen molar-refractivity contribution in [3.63, 3.8) is 0 Å². The molecule has 1 atom stereocenters. The first-order chi connectivity index (χ1) is 9.21. The van der Waals surface area contributed by atoms with E-state index >= 15 is 0 Å². The number of amides is 1. The van der Waals surface area contributed by atoms with E-state index in [4.69, 9.17) is 5.73 Å². The van der Waals surface area contributed by atoms with Crippen LogP contribution in [0.1, 0.15) is 36.7 Å². The maximum absolute atomic E-state index is 12.2. The Bertz CT molecular complexity index is 534. The van der Waals surface area contributed by atoms with Crippen molar-refractivity contribution >= 4 is 24.0 Å². The van der Waals surface area contributed by atoms with Crippen molar-refractivity contribution < 1.29 is 9.72 Å². The first-order valence-corrected chi connectivity index (χ1v) is 6.49. The van der Waals surface area contributed by atoms with Gasteiger partial charge in [0.15, 0.2) is 0 Å². The monoisotopic (exact) mass is 315 g/mol. The van der Waals surface area contributed by atoms with E-state index in [2.05, 4.69) is 5.32 Å².